The lowest BCUT2D eigenvalue weighted by atomic mass is 10.00. The molecule has 0 atom stereocenters. The molecule has 2 aromatic carbocycles. The Morgan fingerprint density at radius 3 is 2.15 bits per heavy atom. The SMILES string of the molecule is Cc1cc(C)c(CNCCc2ccc(O)cc2)c(C)c1. The smallest absolute Gasteiger partial charge is 0.115 e. The summed E-state index contributed by atoms with van der Waals surface area (Å²) in [6, 6.07) is 11.9. The van der Waals surface area contributed by atoms with Crippen LogP contribution in [0.2, 0.25) is 0 Å². The van der Waals surface area contributed by atoms with E-state index in [1.54, 1.807) is 12.1 Å². The zero-order chi connectivity index (χ0) is 14.5. The van der Waals surface area contributed by atoms with E-state index >= 15 is 0 Å². The van der Waals surface area contributed by atoms with Crippen molar-refractivity contribution < 1.29 is 5.11 Å². The highest BCUT2D eigenvalue weighted by Crippen LogP contribution is 2.16. The first kappa shape index (κ1) is 14.6. The zero-order valence-electron chi connectivity index (χ0n) is 12.5. The summed E-state index contributed by atoms with van der Waals surface area (Å²) in [6.45, 7) is 8.35. The molecule has 0 saturated carbocycles. The Balaban J connectivity index is 1.86. The van der Waals surface area contributed by atoms with Gasteiger partial charge in [0.2, 0.25) is 0 Å². The van der Waals surface area contributed by atoms with Gasteiger partial charge in [-0.25, -0.2) is 0 Å². The van der Waals surface area contributed by atoms with E-state index in [0.717, 1.165) is 19.5 Å². The van der Waals surface area contributed by atoms with Gasteiger partial charge in [-0.2, -0.15) is 0 Å². The first-order chi connectivity index (χ1) is 9.56. The van der Waals surface area contributed by atoms with Crippen LogP contribution in [0.15, 0.2) is 36.4 Å². The van der Waals surface area contributed by atoms with Gasteiger partial charge in [0.1, 0.15) is 5.75 Å². The van der Waals surface area contributed by atoms with Crippen LogP contribution in [0.3, 0.4) is 0 Å². The van der Waals surface area contributed by atoms with Crippen molar-refractivity contribution in [2.75, 3.05) is 6.54 Å². The monoisotopic (exact) mass is 269 g/mol. The number of nitrogens with one attached hydrogen (secondary N) is 1. The van der Waals surface area contributed by atoms with Crippen molar-refractivity contribution in [1.82, 2.24) is 5.32 Å². The van der Waals surface area contributed by atoms with Crippen LogP contribution in [-0.4, -0.2) is 11.7 Å². The number of hydrogen-bond acceptors (Lipinski definition) is 2. The number of aromatic hydroxyl groups is 1. The lowest BCUT2D eigenvalue weighted by molar-refractivity contribution is 0.475. The van der Waals surface area contributed by atoms with Gasteiger partial charge < -0.3 is 10.4 Å². The standard InChI is InChI=1S/C18H23NO/c1-13-10-14(2)18(15(3)11-13)12-19-9-8-16-4-6-17(20)7-5-16/h4-7,10-11,19-20H,8-9,12H2,1-3H3. The van der Waals surface area contributed by atoms with Crippen molar-refractivity contribution >= 4 is 0 Å². The molecule has 2 aromatic rings. The Kier molecular flexibility index (Phi) is 4.80. The minimum atomic E-state index is 0.326. The largest absolute Gasteiger partial charge is 0.508 e. The van der Waals surface area contributed by atoms with Gasteiger partial charge in [-0.1, -0.05) is 29.8 Å². The Morgan fingerprint density at radius 1 is 0.950 bits per heavy atom. The maximum atomic E-state index is 9.24. The third kappa shape index (κ3) is 3.84. The molecule has 0 aromatic heterocycles. The summed E-state index contributed by atoms with van der Waals surface area (Å²) < 4.78 is 0. The molecule has 2 rings (SSSR count). The fraction of sp³-hybridized carbons (Fsp3) is 0.333. The van der Waals surface area contributed by atoms with E-state index in [1.165, 1.54) is 27.8 Å². The molecule has 106 valence electrons. The lowest BCUT2D eigenvalue weighted by Gasteiger charge is -2.12. The Hall–Kier alpha value is -1.80. The number of aryl methyl sites for hydroxylation is 3. The highest BCUT2D eigenvalue weighted by Gasteiger charge is 2.03. The summed E-state index contributed by atoms with van der Waals surface area (Å²) in [4.78, 5) is 0. The first-order valence-electron chi connectivity index (χ1n) is 7.11. The summed E-state index contributed by atoms with van der Waals surface area (Å²) in [5.41, 5.74) is 6.70. The average molecular weight is 269 g/mol. The summed E-state index contributed by atoms with van der Waals surface area (Å²) in [5.74, 6) is 0.326. The summed E-state index contributed by atoms with van der Waals surface area (Å²) >= 11 is 0. The third-order valence-electron chi connectivity index (χ3n) is 3.67. The van der Waals surface area contributed by atoms with Gasteiger partial charge >= 0.3 is 0 Å². The third-order valence-corrected chi connectivity index (χ3v) is 3.67. The molecule has 0 bridgehead atoms. The molecule has 0 spiro atoms. The molecule has 0 radical (unpaired) electrons. The highest BCUT2D eigenvalue weighted by molar-refractivity contribution is 5.37. The van der Waals surface area contributed by atoms with Crippen LogP contribution in [0.25, 0.3) is 0 Å². The fourth-order valence-corrected chi connectivity index (χ4v) is 2.60. The van der Waals surface area contributed by atoms with Gasteiger partial charge in [0.25, 0.3) is 0 Å². The van der Waals surface area contributed by atoms with Gasteiger partial charge in [-0.3, -0.25) is 0 Å². The van der Waals surface area contributed by atoms with Crippen LogP contribution in [0.1, 0.15) is 27.8 Å². The molecule has 0 aliphatic heterocycles. The van der Waals surface area contributed by atoms with E-state index in [2.05, 4.69) is 38.2 Å². The van der Waals surface area contributed by atoms with Crippen LogP contribution < -0.4 is 5.32 Å². The van der Waals surface area contributed by atoms with E-state index in [9.17, 15) is 5.11 Å². The predicted octanol–water partition coefficient (Wildman–Crippen LogP) is 3.65. The predicted molar refractivity (Wildman–Crippen MR) is 84.2 cm³/mol. The van der Waals surface area contributed by atoms with Crippen molar-refractivity contribution in [2.24, 2.45) is 0 Å². The number of phenols is 1. The summed E-state index contributed by atoms with van der Waals surface area (Å²) in [6.07, 6.45) is 0.976. The molecule has 0 unspecified atom stereocenters. The molecular weight excluding hydrogens is 246 g/mol. The normalized spacial score (nSPS) is 10.8. The summed E-state index contributed by atoms with van der Waals surface area (Å²) in [5, 5.41) is 12.7. The van der Waals surface area contributed by atoms with Crippen LogP contribution in [0.5, 0.6) is 5.75 Å². The average Bonchev–Trinajstić information content (AvgIpc) is 2.39. The number of benzene rings is 2. The van der Waals surface area contributed by atoms with Gasteiger partial charge in [-0.15, -0.1) is 0 Å². The second kappa shape index (κ2) is 6.58. The van der Waals surface area contributed by atoms with Crippen molar-refractivity contribution in [3.05, 3.63) is 64.2 Å². The van der Waals surface area contributed by atoms with Crippen LogP contribution in [0.4, 0.5) is 0 Å². The second-order valence-electron chi connectivity index (χ2n) is 5.47. The summed E-state index contributed by atoms with van der Waals surface area (Å²) in [7, 11) is 0. The minimum absolute atomic E-state index is 0.326. The minimum Gasteiger partial charge on any atom is -0.508 e. The molecule has 2 nitrogen and oxygen atoms in total. The molecule has 0 aliphatic rings. The van der Waals surface area contributed by atoms with Crippen molar-refractivity contribution in [3.8, 4) is 5.75 Å². The Bertz CT molecular complexity index is 549. The number of phenolic OH excluding ortho intramolecular Hbond substituents is 1. The van der Waals surface area contributed by atoms with E-state index in [0.29, 0.717) is 5.75 Å². The second-order valence-corrected chi connectivity index (χ2v) is 5.47. The topological polar surface area (TPSA) is 32.3 Å². The molecule has 0 aliphatic carbocycles. The van der Waals surface area contributed by atoms with Crippen LogP contribution in [-0.2, 0) is 13.0 Å². The quantitative estimate of drug-likeness (QED) is 0.812. The number of rotatable bonds is 5. The van der Waals surface area contributed by atoms with Gasteiger partial charge in [0, 0.05) is 6.54 Å². The van der Waals surface area contributed by atoms with Gasteiger partial charge in [0.05, 0.1) is 0 Å². The van der Waals surface area contributed by atoms with Crippen LogP contribution in [0, 0.1) is 20.8 Å². The van der Waals surface area contributed by atoms with E-state index in [4.69, 9.17) is 0 Å². The highest BCUT2D eigenvalue weighted by atomic mass is 16.3. The molecule has 2 N–H and O–H groups in total. The molecule has 20 heavy (non-hydrogen) atoms. The van der Waals surface area contributed by atoms with Crippen LogP contribution >= 0.6 is 0 Å². The van der Waals surface area contributed by atoms with Gasteiger partial charge in [-0.05, 0) is 68.1 Å². The molecule has 0 fully saturated rings. The van der Waals surface area contributed by atoms with E-state index < -0.39 is 0 Å². The first-order valence-corrected chi connectivity index (χ1v) is 7.11. The number of hydrogen-bond donors (Lipinski definition) is 2. The Morgan fingerprint density at radius 2 is 1.55 bits per heavy atom. The lowest BCUT2D eigenvalue weighted by Crippen LogP contribution is -2.18. The van der Waals surface area contributed by atoms with E-state index in [-0.39, 0.29) is 0 Å². The molecular formula is C18H23NO. The zero-order valence-corrected chi connectivity index (χ0v) is 12.5. The molecule has 0 amide bonds. The molecule has 0 saturated heterocycles. The van der Waals surface area contributed by atoms with Crippen molar-refractivity contribution in [1.29, 1.82) is 0 Å². The maximum absolute atomic E-state index is 9.24. The molecule has 0 heterocycles. The fourth-order valence-electron chi connectivity index (χ4n) is 2.60. The van der Waals surface area contributed by atoms with Crippen molar-refractivity contribution in [2.45, 2.75) is 33.7 Å². The van der Waals surface area contributed by atoms with Gasteiger partial charge in [0.15, 0.2) is 0 Å². The van der Waals surface area contributed by atoms with E-state index in [1.807, 2.05) is 12.1 Å². The molecule has 2 heteroatoms. The maximum Gasteiger partial charge on any atom is 0.115 e. The van der Waals surface area contributed by atoms with Crippen molar-refractivity contribution in [3.63, 3.8) is 0 Å². The Labute approximate surface area is 121 Å².